The molecule has 18 heavy (non-hydrogen) atoms. The van der Waals surface area contributed by atoms with Crippen LogP contribution in [0.2, 0.25) is 10.0 Å². The molecule has 5 nitrogen and oxygen atoms in total. The van der Waals surface area contributed by atoms with Crippen LogP contribution in [0.4, 0.5) is 4.79 Å². The fraction of sp³-hybridized carbons (Fsp3) is 0.300. The minimum Gasteiger partial charge on any atom is -0.506 e. The summed E-state index contributed by atoms with van der Waals surface area (Å²) >= 11 is 13.1. The van der Waals surface area contributed by atoms with Gasteiger partial charge in [-0.1, -0.05) is 23.2 Å². The highest BCUT2D eigenvalue weighted by Gasteiger charge is 2.30. The van der Waals surface area contributed by atoms with E-state index in [-0.39, 0.29) is 16.1 Å². The third kappa shape index (κ3) is 2.95. The van der Waals surface area contributed by atoms with Gasteiger partial charge in [0.2, 0.25) is 0 Å². The molecule has 8 heteroatoms. The molecule has 1 heterocycles. The molecule has 3 N–H and O–H groups in total. The van der Waals surface area contributed by atoms with Gasteiger partial charge in [0.25, 0.3) is 0 Å². The van der Waals surface area contributed by atoms with Gasteiger partial charge in [-0.2, -0.15) is 0 Å². The monoisotopic (exact) mass is 309 g/mol. The van der Waals surface area contributed by atoms with Gasteiger partial charge in [0.15, 0.2) is 6.23 Å². The largest absolute Gasteiger partial charge is 0.507 e. The first kappa shape index (κ1) is 13.6. The van der Waals surface area contributed by atoms with Crippen molar-refractivity contribution in [2.24, 2.45) is 0 Å². The van der Waals surface area contributed by atoms with Crippen LogP contribution < -0.4 is 5.32 Å². The number of thioether (sulfide) groups is 1. The van der Waals surface area contributed by atoms with Crippen LogP contribution in [0.3, 0.4) is 0 Å². The first-order chi connectivity index (χ1) is 8.47. The van der Waals surface area contributed by atoms with Gasteiger partial charge in [-0.05, 0) is 12.1 Å². The Morgan fingerprint density at radius 2 is 2.22 bits per heavy atom. The van der Waals surface area contributed by atoms with E-state index >= 15 is 0 Å². The maximum atomic E-state index is 10.4. The van der Waals surface area contributed by atoms with Crippen molar-refractivity contribution in [3.8, 4) is 5.75 Å². The molecule has 0 bridgehead atoms. The molecule has 0 amide bonds. The molecule has 1 aromatic carbocycles. The summed E-state index contributed by atoms with van der Waals surface area (Å²) in [5.41, 5.74) is 0.508. The zero-order valence-corrected chi connectivity index (χ0v) is 11.2. The normalized spacial score (nSPS) is 23.0. The number of nitrogens with one attached hydrogen (secondary N) is 1. The molecule has 0 aromatic heterocycles. The van der Waals surface area contributed by atoms with Gasteiger partial charge in [0.05, 0.1) is 10.4 Å². The van der Waals surface area contributed by atoms with Crippen molar-refractivity contribution >= 4 is 41.1 Å². The predicted octanol–water partition coefficient (Wildman–Crippen LogP) is 3.05. The molecule has 98 valence electrons. The predicted molar refractivity (Wildman–Crippen MR) is 69.4 cm³/mol. The summed E-state index contributed by atoms with van der Waals surface area (Å²) < 4.78 is 4.60. The number of benzene rings is 1. The van der Waals surface area contributed by atoms with E-state index in [2.05, 4.69) is 10.1 Å². The average Bonchev–Trinajstić information content (AvgIpc) is 2.70. The van der Waals surface area contributed by atoms with Crippen molar-refractivity contribution < 1.29 is 19.7 Å². The quantitative estimate of drug-likeness (QED) is 0.729. The van der Waals surface area contributed by atoms with E-state index in [9.17, 15) is 9.90 Å². The summed E-state index contributed by atoms with van der Waals surface area (Å²) in [7, 11) is 0. The molecule has 0 saturated carbocycles. The van der Waals surface area contributed by atoms with Crippen LogP contribution in [0.1, 0.15) is 10.9 Å². The number of carbonyl (C=O) groups is 1. The molecule has 0 aliphatic carbocycles. The number of ether oxygens (including phenoxy) is 1. The van der Waals surface area contributed by atoms with Crippen LogP contribution in [0.25, 0.3) is 0 Å². The summed E-state index contributed by atoms with van der Waals surface area (Å²) in [6.07, 6.45) is -1.96. The molecule has 2 unspecified atom stereocenters. The Morgan fingerprint density at radius 1 is 1.50 bits per heavy atom. The van der Waals surface area contributed by atoms with E-state index in [1.54, 1.807) is 6.07 Å². The first-order valence-corrected chi connectivity index (χ1v) is 6.73. The second-order valence-corrected chi connectivity index (χ2v) is 5.56. The fourth-order valence-electron chi connectivity index (χ4n) is 1.60. The highest BCUT2D eigenvalue weighted by Crippen LogP contribution is 2.41. The highest BCUT2D eigenvalue weighted by molar-refractivity contribution is 7.99. The van der Waals surface area contributed by atoms with Gasteiger partial charge < -0.3 is 14.9 Å². The molecule has 2 atom stereocenters. The average molecular weight is 310 g/mol. The maximum absolute atomic E-state index is 10.4. The summed E-state index contributed by atoms with van der Waals surface area (Å²) in [4.78, 5) is 10.4. The molecule has 1 aromatic rings. The molecule has 0 radical (unpaired) electrons. The standard InChI is InChI=1S/C10H9Cl2NO4S/c11-4-1-5(8(14)6(12)2-4)9-13-7(3-18-9)17-10(15)16/h1-2,7,9,13-14H,3H2,(H,15,16). The van der Waals surface area contributed by atoms with E-state index < -0.39 is 12.4 Å². The van der Waals surface area contributed by atoms with Gasteiger partial charge in [0.1, 0.15) is 5.75 Å². The molecular weight excluding hydrogens is 301 g/mol. The van der Waals surface area contributed by atoms with E-state index in [1.807, 2.05) is 0 Å². The SMILES string of the molecule is O=C(O)OC1CSC(c2cc(Cl)cc(Cl)c2O)N1. The van der Waals surface area contributed by atoms with Crippen molar-refractivity contribution in [1.29, 1.82) is 0 Å². The van der Waals surface area contributed by atoms with Crippen LogP contribution in [0, 0.1) is 0 Å². The lowest BCUT2D eigenvalue weighted by Gasteiger charge is -2.15. The van der Waals surface area contributed by atoms with Crippen LogP contribution in [0.15, 0.2) is 12.1 Å². The van der Waals surface area contributed by atoms with Crippen LogP contribution >= 0.6 is 35.0 Å². The summed E-state index contributed by atoms with van der Waals surface area (Å²) in [5.74, 6) is 0.377. The Balaban J connectivity index is 2.16. The van der Waals surface area contributed by atoms with Crippen molar-refractivity contribution in [3.05, 3.63) is 27.7 Å². The zero-order valence-electron chi connectivity index (χ0n) is 8.89. The number of carboxylic acid groups (broad SMARTS) is 1. The summed E-state index contributed by atoms with van der Waals surface area (Å²) in [6, 6.07) is 3.02. The first-order valence-electron chi connectivity index (χ1n) is 4.92. The maximum Gasteiger partial charge on any atom is 0.507 e. The van der Waals surface area contributed by atoms with Gasteiger partial charge in [0, 0.05) is 16.3 Å². The Kier molecular flexibility index (Phi) is 4.11. The van der Waals surface area contributed by atoms with Crippen LogP contribution in [0.5, 0.6) is 5.75 Å². The van der Waals surface area contributed by atoms with Crippen molar-refractivity contribution in [3.63, 3.8) is 0 Å². The number of halogens is 2. The minimum absolute atomic E-state index is 0.0676. The van der Waals surface area contributed by atoms with E-state index in [1.165, 1.54) is 17.8 Å². The Hall–Kier alpha value is -0.820. The third-order valence-corrected chi connectivity index (χ3v) is 4.06. The second-order valence-electron chi connectivity index (χ2n) is 3.58. The fourth-order valence-corrected chi connectivity index (χ4v) is 3.25. The summed E-state index contributed by atoms with van der Waals surface area (Å²) in [5, 5.41) is 21.5. The van der Waals surface area contributed by atoms with E-state index in [0.717, 1.165) is 0 Å². The smallest absolute Gasteiger partial charge is 0.506 e. The molecule has 1 aliphatic heterocycles. The lowest BCUT2D eigenvalue weighted by molar-refractivity contribution is 0.0495. The van der Waals surface area contributed by atoms with Gasteiger partial charge >= 0.3 is 6.16 Å². The zero-order chi connectivity index (χ0) is 13.3. The second kappa shape index (κ2) is 5.44. The Labute approximate surface area is 117 Å². The van der Waals surface area contributed by atoms with E-state index in [0.29, 0.717) is 16.3 Å². The van der Waals surface area contributed by atoms with Crippen molar-refractivity contribution in [2.75, 3.05) is 5.75 Å². The molecule has 1 fully saturated rings. The number of aromatic hydroxyl groups is 1. The molecular formula is C10H9Cl2NO4S. The summed E-state index contributed by atoms with van der Waals surface area (Å²) in [6.45, 7) is 0. The topological polar surface area (TPSA) is 78.8 Å². The van der Waals surface area contributed by atoms with E-state index in [4.69, 9.17) is 28.3 Å². The van der Waals surface area contributed by atoms with Crippen LogP contribution in [-0.4, -0.2) is 28.3 Å². The number of hydrogen-bond acceptors (Lipinski definition) is 5. The van der Waals surface area contributed by atoms with Gasteiger partial charge in [-0.15, -0.1) is 11.8 Å². The van der Waals surface area contributed by atoms with Crippen LogP contribution in [-0.2, 0) is 4.74 Å². The number of phenols is 1. The number of hydrogen-bond donors (Lipinski definition) is 3. The number of rotatable bonds is 2. The lowest BCUT2D eigenvalue weighted by atomic mass is 10.2. The molecule has 1 aliphatic rings. The lowest BCUT2D eigenvalue weighted by Crippen LogP contribution is -2.30. The Bertz CT molecular complexity index is 485. The highest BCUT2D eigenvalue weighted by atomic mass is 35.5. The molecule has 2 rings (SSSR count). The third-order valence-electron chi connectivity index (χ3n) is 2.33. The van der Waals surface area contributed by atoms with Gasteiger partial charge in [-0.25, -0.2) is 4.79 Å². The minimum atomic E-state index is -1.35. The van der Waals surface area contributed by atoms with Gasteiger partial charge in [-0.3, -0.25) is 5.32 Å². The van der Waals surface area contributed by atoms with Crippen molar-refractivity contribution in [1.82, 2.24) is 5.32 Å². The Morgan fingerprint density at radius 3 is 2.89 bits per heavy atom. The van der Waals surface area contributed by atoms with Crippen molar-refractivity contribution in [2.45, 2.75) is 11.6 Å². The number of phenolic OH excluding ortho intramolecular Hbond substituents is 1. The molecule has 1 saturated heterocycles. The molecule has 0 spiro atoms.